The Morgan fingerprint density at radius 2 is 0.694 bits per heavy atom. The molecule has 1 aromatic heterocycles. The van der Waals surface area contributed by atoms with Gasteiger partial charge in [0.2, 0.25) is 0 Å². The maximum atomic E-state index is 10.5. The van der Waals surface area contributed by atoms with Crippen LogP contribution in [0.3, 0.4) is 0 Å². The van der Waals surface area contributed by atoms with Crippen molar-refractivity contribution < 1.29 is 0 Å². The summed E-state index contributed by atoms with van der Waals surface area (Å²) in [4.78, 5) is 0. The standard InChI is InChI=1S/C46H27N3/c47-28-33-26-35(49-42-20-10-8-14-36(42)37-15-9-11-21-43(37)49)27-34(29-48)44(33)31-22-24-32(25-23-31)46-40-18-6-4-16-38(40)45(30-12-2-1-3-13-30)39-17-5-7-19-41(39)46/h1-27H. The van der Waals surface area contributed by atoms with Gasteiger partial charge in [0.05, 0.1) is 34.3 Å². The second kappa shape index (κ2) is 11.4. The van der Waals surface area contributed by atoms with Crippen LogP contribution in [0.5, 0.6) is 0 Å². The Hall–Kier alpha value is -6.94. The number of nitriles is 2. The average Bonchev–Trinajstić information content (AvgIpc) is 3.51. The molecule has 0 aliphatic carbocycles. The Morgan fingerprint density at radius 3 is 1.12 bits per heavy atom. The third-order valence-electron chi connectivity index (χ3n) is 9.66. The number of hydrogen-bond acceptors (Lipinski definition) is 2. The Labute approximate surface area is 283 Å². The van der Waals surface area contributed by atoms with Crippen molar-refractivity contribution >= 4 is 43.4 Å². The van der Waals surface area contributed by atoms with Crippen LogP contribution in [0.1, 0.15) is 11.1 Å². The number of fused-ring (bicyclic) bond motifs is 5. The van der Waals surface area contributed by atoms with Gasteiger partial charge < -0.3 is 4.57 Å². The van der Waals surface area contributed by atoms with E-state index in [1.807, 2.05) is 48.5 Å². The van der Waals surface area contributed by atoms with Gasteiger partial charge in [0.1, 0.15) is 0 Å². The highest BCUT2D eigenvalue weighted by Crippen LogP contribution is 2.44. The predicted molar refractivity (Wildman–Crippen MR) is 202 cm³/mol. The highest BCUT2D eigenvalue weighted by Gasteiger charge is 2.19. The molecule has 0 amide bonds. The molecule has 0 N–H and O–H groups in total. The van der Waals surface area contributed by atoms with Crippen molar-refractivity contribution in [2.75, 3.05) is 0 Å². The lowest BCUT2D eigenvalue weighted by molar-refractivity contribution is 1.17. The van der Waals surface area contributed by atoms with E-state index >= 15 is 0 Å². The van der Waals surface area contributed by atoms with E-state index in [2.05, 4.69) is 132 Å². The highest BCUT2D eigenvalue weighted by molar-refractivity contribution is 6.21. The van der Waals surface area contributed by atoms with Crippen LogP contribution in [-0.4, -0.2) is 4.57 Å². The summed E-state index contributed by atoms with van der Waals surface area (Å²) in [5, 5.41) is 28.0. The molecule has 0 atom stereocenters. The number of nitrogens with zero attached hydrogens (tertiary/aromatic N) is 3. The lowest BCUT2D eigenvalue weighted by Gasteiger charge is -2.18. The Morgan fingerprint density at radius 1 is 0.347 bits per heavy atom. The zero-order chi connectivity index (χ0) is 32.9. The minimum absolute atomic E-state index is 0.465. The highest BCUT2D eigenvalue weighted by atomic mass is 15.0. The lowest BCUT2D eigenvalue weighted by atomic mass is 9.85. The summed E-state index contributed by atoms with van der Waals surface area (Å²) in [7, 11) is 0. The van der Waals surface area contributed by atoms with Crippen molar-refractivity contribution in [3.05, 3.63) is 175 Å². The van der Waals surface area contributed by atoms with Gasteiger partial charge in [0.15, 0.2) is 0 Å². The minimum atomic E-state index is 0.465. The van der Waals surface area contributed by atoms with Crippen LogP contribution in [0.4, 0.5) is 0 Å². The van der Waals surface area contributed by atoms with Crippen LogP contribution in [0.25, 0.3) is 82.4 Å². The van der Waals surface area contributed by atoms with E-state index in [0.29, 0.717) is 16.7 Å². The number of hydrogen-bond donors (Lipinski definition) is 0. The zero-order valence-corrected chi connectivity index (χ0v) is 26.4. The van der Waals surface area contributed by atoms with Gasteiger partial charge in [-0.2, -0.15) is 10.5 Å². The van der Waals surface area contributed by atoms with Crippen LogP contribution in [0.15, 0.2) is 164 Å². The van der Waals surface area contributed by atoms with Gasteiger partial charge in [-0.05, 0) is 73.6 Å². The van der Waals surface area contributed by atoms with Crippen molar-refractivity contribution in [1.29, 1.82) is 10.5 Å². The molecule has 9 aromatic rings. The number of rotatable bonds is 4. The molecule has 0 radical (unpaired) electrons. The first kappa shape index (κ1) is 28.3. The van der Waals surface area contributed by atoms with Gasteiger partial charge in [-0.1, -0.05) is 140 Å². The molecule has 0 bridgehead atoms. The third-order valence-corrected chi connectivity index (χ3v) is 9.66. The quantitative estimate of drug-likeness (QED) is 0.184. The molecule has 0 saturated carbocycles. The van der Waals surface area contributed by atoms with Gasteiger partial charge in [-0.3, -0.25) is 0 Å². The SMILES string of the molecule is N#Cc1cc(-n2c3ccccc3c3ccccc32)cc(C#N)c1-c1ccc(-c2c3ccccc3c(-c3ccccc3)c3ccccc23)cc1. The fraction of sp³-hybridized carbons (Fsp3) is 0. The van der Waals surface area contributed by atoms with Crippen LogP contribution >= 0.6 is 0 Å². The molecule has 0 unspecified atom stereocenters. The molecule has 1 heterocycles. The van der Waals surface area contributed by atoms with Crippen molar-refractivity contribution in [2.45, 2.75) is 0 Å². The fourth-order valence-corrected chi connectivity index (χ4v) is 7.60. The van der Waals surface area contributed by atoms with E-state index < -0.39 is 0 Å². The fourth-order valence-electron chi connectivity index (χ4n) is 7.60. The number of benzene rings is 8. The van der Waals surface area contributed by atoms with Crippen LogP contribution in [-0.2, 0) is 0 Å². The van der Waals surface area contributed by atoms with Crippen LogP contribution < -0.4 is 0 Å². The summed E-state index contributed by atoms with van der Waals surface area (Å²) in [6.45, 7) is 0. The molecule has 226 valence electrons. The summed E-state index contributed by atoms with van der Waals surface area (Å²) in [5.74, 6) is 0. The van der Waals surface area contributed by atoms with Gasteiger partial charge in [0, 0.05) is 22.0 Å². The van der Waals surface area contributed by atoms with Gasteiger partial charge >= 0.3 is 0 Å². The second-order valence-corrected chi connectivity index (χ2v) is 12.3. The molecule has 0 aliphatic rings. The summed E-state index contributed by atoms with van der Waals surface area (Å²) >= 11 is 0. The van der Waals surface area contributed by atoms with Crippen LogP contribution in [0, 0.1) is 22.7 Å². The molecule has 9 rings (SSSR count). The van der Waals surface area contributed by atoms with E-state index in [1.165, 1.54) is 38.2 Å². The summed E-state index contributed by atoms with van der Waals surface area (Å²) in [6.07, 6.45) is 0. The van der Waals surface area contributed by atoms with Gasteiger partial charge in [-0.25, -0.2) is 0 Å². The maximum Gasteiger partial charge on any atom is 0.0999 e. The first-order valence-electron chi connectivity index (χ1n) is 16.3. The number of aromatic nitrogens is 1. The molecular weight excluding hydrogens is 595 g/mol. The topological polar surface area (TPSA) is 52.5 Å². The Bertz CT molecular complexity index is 2680. The molecule has 3 heteroatoms. The van der Waals surface area contributed by atoms with E-state index in [4.69, 9.17) is 0 Å². The van der Waals surface area contributed by atoms with Crippen molar-refractivity contribution in [3.63, 3.8) is 0 Å². The molecule has 49 heavy (non-hydrogen) atoms. The van der Waals surface area contributed by atoms with Crippen molar-refractivity contribution in [3.8, 4) is 51.2 Å². The molecule has 8 aromatic carbocycles. The predicted octanol–water partition coefficient (Wildman–Crippen LogP) is 11.8. The molecular formula is C46H27N3. The van der Waals surface area contributed by atoms with Crippen molar-refractivity contribution in [2.24, 2.45) is 0 Å². The van der Waals surface area contributed by atoms with E-state index in [1.54, 1.807) is 0 Å². The van der Waals surface area contributed by atoms with E-state index in [-0.39, 0.29) is 0 Å². The third kappa shape index (κ3) is 4.42. The molecule has 0 saturated heterocycles. The second-order valence-electron chi connectivity index (χ2n) is 12.3. The van der Waals surface area contributed by atoms with E-state index in [0.717, 1.165) is 38.6 Å². The monoisotopic (exact) mass is 621 g/mol. The molecule has 0 fully saturated rings. The first-order chi connectivity index (χ1) is 24.2. The largest absolute Gasteiger partial charge is 0.309 e. The minimum Gasteiger partial charge on any atom is -0.309 e. The molecule has 0 aliphatic heterocycles. The smallest absolute Gasteiger partial charge is 0.0999 e. The summed E-state index contributed by atoms with van der Waals surface area (Å²) in [6, 6.07) is 61.3. The Kier molecular flexibility index (Phi) is 6.58. The van der Waals surface area contributed by atoms with Crippen molar-refractivity contribution in [1.82, 2.24) is 4.57 Å². The number of para-hydroxylation sites is 2. The average molecular weight is 622 g/mol. The molecule has 3 nitrogen and oxygen atoms in total. The zero-order valence-electron chi connectivity index (χ0n) is 26.4. The molecule has 0 spiro atoms. The summed E-state index contributed by atoms with van der Waals surface area (Å²) in [5.41, 5.74) is 9.94. The van der Waals surface area contributed by atoms with Crippen LogP contribution in [0.2, 0.25) is 0 Å². The first-order valence-corrected chi connectivity index (χ1v) is 16.3. The van der Waals surface area contributed by atoms with E-state index in [9.17, 15) is 10.5 Å². The van der Waals surface area contributed by atoms with Gasteiger partial charge in [-0.15, -0.1) is 0 Å². The maximum absolute atomic E-state index is 10.5. The summed E-state index contributed by atoms with van der Waals surface area (Å²) < 4.78 is 2.15. The lowest BCUT2D eigenvalue weighted by Crippen LogP contribution is -1.99. The van der Waals surface area contributed by atoms with Gasteiger partial charge in [0.25, 0.3) is 0 Å². The Balaban J connectivity index is 1.22. The normalized spacial score (nSPS) is 11.2.